The van der Waals surface area contributed by atoms with E-state index in [1.54, 1.807) is 0 Å². The van der Waals surface area contributed by atoms with Gasteiger partial charge < -0.3 is 10.4 Å². The average molecular weight is 216 g/mol. The molecule has 0 amide bonds. The van der Waals surface area contributed by atoms with Crippen LogP contribution in [0.15, 0.2) is 23.2 Å². The maximum absolute atomic E-state index is 12.3. The molecule has 0 radical (unpaired) electrons. The minimum Gasteiger partial charge on any atom is -0.368 e. The van der Waals surface area contributed by atoms with Crippen molar-refractivity contribution in [3.8, 4) is 0 Å². The number of halogens is 3. The highest BCUT2D eigenvalue weighted by Crippen LogP contribution is 2.34. The van der Waals surface area contributed by atoms with Gasteiger partial charge in [0.1, 0.15) is 0 Å². The summed E-state index contributed by atoms with van der Waals surface area (Å²) in [4.78, 5) is 3.55. The Labute approximate surface area is 83.3 Å². The molecule has 2 rings (SSSR count). The Morgan fingerprint density at radius 3 is 2.73 bits per heavy atom. The van der Waals surface area contributed by atoms with E-state index in [9.17, 15) is 18.3 Å². The first kappa shape index (κ1) is 9.97. The van der Waals surface area contributed by atoms with Gasteiger partial charge in [0.25, 0.3) is 0 Å². The Kier molecular flexibility index (Phi) is 2.15. The maximum Gasteiger partial charge on any atom is 0.416 e. The van der Waals surface area contributed by atoms with Crippen LogP contribution in [0.2, 0.25) is 0 Å². The van der Waals surface area contributed by atoms with Crippen molar-refractivity contribution in [1.29, 1.82) is 0 Å². The lowest BCUT2D eigenvalue weighted by Gasteiger charge is -2.18. The molecule has 1 atom stereocenters. The van der Waals surface area contributed by atoms with Gasteiger partial charge in [-0.25, -0.2) is 4.99 Å². The van der Waals surface area contributed by atoms with Crippen LogP contribution >= 0.6 is 0 Å². The van der Waals surface area contributed by atoms with Gasteiger partial charge in [0.05, 0.1) is 11.9 Å². The standard InChI is InChI=1S/C9H7F3N2O/c10-9(11,12)5-1-2-7-6(3-5)8(15)14-4-13-7/h1-4,8,15H,(H,13,14). The van der Waals surface area contributed by atoms with Gasteiger partial charge in [0.2, 0.25) is 0 Å². The number of nitrogens with one attached hydrogen (secondary N) is 1. The molecule has 80 valence electrons. The second-order valence-electron chi connectivity index (χ2n) is 3.10. The number of nitrogens with zero attached hydrogens (tertiary/aromatic N) is 1. The first-order chi connectivity index (χ1) is 6.98. The zero-order valence-corrected chi connectivity index (χ0v) is 7.42. The lowest BCUT2D eigenvalue weighted by Crippen LogP contribution is -2.12. The van der Waals surface area contributed by atoms with E-state index >= 15 is 0 Å². The fraction of sp³-hybridized carbons (Fsp3) is 0.222. The van der Waals surface area contributed by atoms with Crippen LogP contribution in [0.1, 0.15) is 17.4 Å². The van der Waals surface area contributed by atoms with Gasteiger partial charge in [-0.15, -0.1) is 0 Å². The van der Waals surface area contributed by atoms with E-state index in [0.29, 0.717) is 5.69 Å². The lowest BCUT2D eigenvalue weighted by atomic mass is 10.1. The Hall–Kier alpha value is -1.56. The fourth-order valence-corrected chi connectivity index (χ4v) is 1.34. The summed E-state index contributed by atoms with van der Waals surface area (Å²) >= 11 is 0. The van der Waals surface area contributed by atoms with Crippen LogP contribution in [0.3, 0.4) is 0 Å². The molecule has 0 bridgehead atoms. The largest absolute Gasteiger partial charge is 0.416 e. The van der Waals surface area contributed by atoms with Crippen molar-refractivity contribution in [3.63, 3.8) is 0 Å². The summed E-state index contributed by atoms with van der Waals surface area (Å²) in [6.45, 7) is 0. The number of aliphatic hydroxyl groups excluding tert-OH is 1. The van der Waals surface area contributed by atoms with E-state index in [1.165, 1.54) is 12.4 Å². The summed E-state index contributed by atoms with van der Waals surface area (Å²) in [5.41, 5.74) is -0.225. The van der Waals surface area contributed by atoms with Crippen LogP contribution in [0.4, 0.5) is 18.9 Å². The molecule has 6 heteroatoms. The molecule has 1 aliphatic rings. The number of rotatable bonds is 0. The smallest absolute Gasteiger partial charge is 0.368 e. The van der Waals surface area contributed by atoms with Crippen molar-refractivity contribution in [2.45, 2.75) is 12.4 Å². The molecular weight excluding hydrogens is 209 g/mol. The SMILES string of the molecule is OC1N=CNc2ccc(C(F)(F)F)cc21. The van der Waals surface area contributed by atoms with E-state index in [2.05, 4.69) is 10.3 Å². The minimum atomic E-state index is -4.41. The molecular formula is C9H7F3N2O. The van der Waals surface area contributed by atoms with Gasteiger partial charge >= 0.3 is 6.18 Å². The number of aliphatic hydroxyl groups is 1. The second-order valence-corrected chi connectivity index (χ2v) is 3.10. The average Bonchev–Trinajstić information content (AvgIpc) is 2.16. The maximum atomic E-state index is 12.3. The third-order valence-electron chi connectivity index (χ3n) is 2.09. The molecule has 1 aliphatic heterocycles. The van der Waals surface area contributed by atoms with Gasteiger partial charge in [-0.2, -0.15) is 13.2 Å². The summed E-state index contributed by atoms with van der Waals surface area (Å²) < 4.78 is 37.0. The highest BCUT2D eigenvalue weighted by Gasteiger charge is 2.32. The Morgan fingerprint density at radius 1 is 1.33 bits per heavy atom. The van der Waals surface area contributed by atoms with Gasteiger partial charge in [0.15, 0.2) is 6.23 Å². The van der Waals surface area contributed by atoms with Crippen LogP contribution in [-0.2, 0) is 6.18 Å². The third-order valence-corrected chi connectivity index (χ3v) is 2.09. The van der Waals surface area contributed by atoms with Crippen molar-refractivity contribution >= 4 is 12.0 Å². The number of benzene rings is 1. The number of hydrogen-bond acceptors (Lipinski definition) is 3. The van der Waals surface area contributed by atoms with Crippen molar-refractivity contribution in [2.75, 3.05) is 5.32 Å². The molecule has 3 nitrogen and oxygen atoms in total. The topological polar surface area (TPSA) is 44.6 Å². The number of fused-ring (bicyclic) bond motifs is 1. The van der Waals surface area contributed by atoms with Crippen LogP contribution < -0.4 is 5.32 Å². The van der Waals surface area contributed by atoms with Crippen LogP contribution in [0, 0.1) is 0 Å². The normalized spacial score (nSPS) is 19.6. The molecule has 0 aliphatic carbocycles. The van der Waals surface area contributed by atoms with Gasteiger partial charge in [-0.05, 0) is 18.2 Å². The van der Waals surface area contributed by atoms with Gasteiger partial charge in [-0.3, -0.25) is 0 Å². The first-order valence-corrected chi connectivity index (χ1v) is 4.16. The molecule has 0 saturated carbocycles. The molecule has 0 aromatic heterocycles. The van der Waals surface area contributed by atoms with E-state index in [1.807, 2.05) is 0 Å². The molecule has 0 spiro atoms. The summed E-state index contributed by atoms with van der Waals surface area (Å²) in [6.07, 6.45) is -4.39. The summed E-state index contributed by atoms with van der Waals surface area (Å²) in [6, 6.07) is 3.12. The molecule has 15 heavy (non-hydrogen) atoms. The van der Waals surface area contributed by atoms with Crippen molar-refractivity contribution < 1.29 is 18.3 Å². The molecule has 0 fully saturated rings. The van der Waals surface area contributed by atoms with Crippen LogP contribution in [0.5, 0.6) is 0 Å². The quantitative estimate of drug-likeness (QED) is 0.697. The summed E-state index contributed by atoms with van der Waals surface area (Å²) in [5.74, 6) is 0. The Bertz CT molecular complexity index is 414. The second kappa shape index (κ2) is 3.23. The number of alkyl halides is 3. The lowest BCUT2D eigenvalue weighted by molar-refractivity contribution is -0.137. The van der Waals surface area contributed by atoms with Gasteiger partial charge in [-0.1, -0.05) is 0 Å². The monoisotopic (exact) mass is 216 g/mol. The van der Waals surface area contributed by atoms with Crippen LogP contribution in [0.25, 0.3) is 0 Å². The van der Waals surface area contributed by atoms with Crippen molar-refractivity contribution in [1.82, 2.24) is 0 Å². The van der Waals surface area contributed by atoms with E-state index in [4.69, 9.17) is 0 Å². The first-order valence-electron chi connectivity index (χ1n) is 4.16. The highest BCUT2D eigenvalue weighted by molar-refractivity contribution is 5.80. The molecule has 1 aromatic carbocycles. The van der Waals surface area contributed by atoms with Crippen LogP contribution in [-0.4, -0.2) is 11.4 Å². The predicted octanol–water partition coefficient (Wildman–Crippen LogP) is 2.15. The molecule has 1 aromatic rings. The molecule has 1 heterocycles. The highest BCUT2D eigenvalue weighted by atomic mass is 19.4. The fourth-order valence-electron chi connectivity index (χ4n) is 1.34. The number of hydrogen-bond donors (Lipinski definition) is 2. The Balaban J connectivity index is 2.47. The third kappa shape index (κ3) is 1.80. The summed E-state index contributed by atoms with van der Waals surface area (Å²) in [7, 11) is 0. The van der Waals surface area contributed by atoms with Gasteiger partial charge in [0, 0.05) is 11.3 Å². The molecule has 2 N–H and O–H groups in total. The molecule has 1 unspecified atom stereocenters. The number of aliphatic imine (C=N–C) groups is 1. The minimum absolute atomic E-state index is 0.132. The van der Waals surface area contributed by atoms with E-state index in [0.717, 1.165) is 12.1 Å². The number of anilines is 1. The predicted molar refractivity (Wildman–Crippen MR) is 48.5 cm³/mol. The van der Waals surface area contributed by atoms with E-state index < -0.39 is 18.0 Å². The summed E-state index contributed by atoms with van der Waals surface area (Å²) in [5, 5.41) is 12.0. The van der Waals surface area contributed by atoms with E-state index in [-0.39, 0.29) is 5.56 Å². The zero-order chi connectivity index (χ0) is 11.1. The zero-order valence-electron chi connectivity index (χ0n) is 7.42. The van der Waals surface area contributed by atoms with Crippen molar-refractivity contribution in [3.05, 3.63) is 29.3 Å². The molecule has 0 saturated heterocycles. The van der Waals surface area contributed by atoms with Crippen molar-refractivity contribution in [2.24, 2.45) is 4.99 Å². The Morgan fingerprint density at radius 2 is 2.07 bits per heavy atom.